The fourth-order valence-electron chi connectivity index (χ4n) is 10.8. The van der Waals surface area contributed by atoms with E-state index in [9.17, 15) is 33.9 Å². The van der Waals surface area contributed by atoms with E-state index in [1.54, 1.807) is 40.9 Å². The quantitative estimate of drug-likeness (QED) is 0.0585. The molecule has 0 unspecified atom stereocenters. The predicted octanol–water partition coefficient (Wildman–Crippen LogP) is 5.07. The van der Waals surface area contributed by atoms with Gasteiger partial charge in [0.1, 0.15) is 24.3 Å². The zero-order chi connectivity index (χ0) is 53.8. The third kappa shape index (κ3) is 14.9. The van der Waals surface area contributed by atoms with Crippen molar-refractivity contribution in [1.82, 2.24) is 50.5 Å². The number of piperazine rings is 1. The van der Waals surface area contributed by atoms with Crippen LogP contribution in [-0.2, 0) is 30.5 Å². The molecule has 4 aliphatic heterocycles. The lowest BCUT2D eigenvalue weighted by atomic mass is 9.85. The van der Waals surface area contributed by atoms with Crippen LogP contribution in [0.5, 0.6) is 0 Å². The zero-order valence-electron chi connectivity index (χ0n) is 44.5. The summed E-state index contributed by atoms with van der Waals surface area (Å²) < 4.78 is 0. The number of hydrogen-bond donors (Lipinski definition) is 4. The molecule has 76 heavy (non-hydrogen) atoms. The summed E-state index contributed by atoms with van der Waals surface area (Å²) in [6.07, 6.45) is 14.1. The van der Waals surface area contributed by atoms with E-state index >= 15 is 0 Å². The standard InChI is InChI=1S/C57H75N11O7S/c1-39-52(76-38-62-39)43-13-10-42(11-14-43)35-61-54(73)47-32-46(69)37-68(47)56(75)53(57(2,3)4)63-50(71)33-51(72)66-30-28-64(29-31-66)45-20-26-65(27-21-45)48-16-15-44(36-60-48)55(74)67-24-18-40(19-25-67)8-5-6-23-59-49(70)17-12-41-9-7-22-58-34-41/h7,9-17,22,34,36,38,40,45-47,53,69H,5-6,8,18-21,23-33,35,37H2,1-4H3,(H,59,70)(H,61,73)(H,63,71)/b17-12+/t46-,47+,53-/m1/s1. The maximum atomic E-state index is 14.2. The Morgan fingerprint density at radius 2 is 1.59 bits per heavy atom. The molecule has 4 aliphatic rings. The Labute approximate surface area is 450 Å². The van der Waals surface area contributed by atoms with Crippen molar-refractivity contribution < 1.29 is 33.9 Å². The lowest BCUT2D eigenvalue weighted by molar-refractivity contribution is -0.145. The maximum Gasteiger partial charge on any atom is 0.255 e. The van der Waals surface area contributed by atoms with Crippen molar-refractivity contribution in [2.75, 3.05) is 70.3 Å². The number of carbonyl (C=O) groups excluding carboxylic acids is 6. The lowest BCUT2D eigenvalue weighted by Crippen LogP contribution is -2.58. The topological polar surface area (TPSA) is 214 Å². The van der Waals surface area contributed by atoms with Gasteiger partial charge in [-0.1, -0.05) is 63.9 Å². The Morgan fingerprint density at radius 3 is 2.25 bits per heavy atom. The first-order valence-corrected chi connectivity index (χ1v) is 27.9. The molecule has 19 heteroatoms. The first-order chi connectivity index (χ1) is 36.6. The van der Waals surface area contributed by atoms with Crippen LogP contribution in [0.1, 0.15) is 106 Å². The Hall–Kier alpha value is -6.57. The highest BCUT2D eigenvalue weighted by Gasteiger charge is 2.45. The molecule has 3 atom stereocenters. The number of carbonyl (C=O) groups is 6. The number of nitrogens with zero attached hydrogens (tertiary/aromatic N) is 8. The molecular weight excluding hydrogens is 983 g/mol. The second-order valence-corrected chi connectivity index (χ2v) is 22.7. The van der Waals surface area contributed by atoms with Crippen LogP contribution < -0.4 is 20.9 Å². The van der Waals surface area contributed by atoms with Gasteiger partial charge in [0.25, 0.3) is 5.91 Å². The Bertz CT molecular complexity index is 2640. The number of amides is 6. The number of unbranched alkanes of at least 4 members (excludes halogenated alkanes) is 1. The molecule has 7 heterocycles. The van der Waals surface area contributed by atoms with E-state index in [1.165, 1.54) is 11.0 Å². The number of nitrogens with one attached hydrogen (secondary N) is 3. The number of aromatic nitrogens is 3. The third-order valence-corrected chi connectivity index (χ3v) is 16.3. The predicted molar refractivity (Wildman–Crippen MR) is 293 cm³/mol. The van der Waals surface area contributed by atoms with Gasteiger partial charge in [0, 0.05) is 109 Å². The molecule has 18 nitrogen and oxygen atoms in total. The number of likely N-dealkylation sites (tertiary alicyclic amines) is 2. The molecule has 4 saturated heterocycles. The van der Waals surface area contributed by atoms with E-state index < -0.39 is 41.8 Å². The highest BCUT2D eigenvalue weighted by atomic mass is 32.1. The second-order valence-electron chi connectivity index (χ2n) is 21.8. The van der Waals surface area contributed by atoms with E-state index in [0.29, 0.717) is 50.2 Å². The largest absolute Gasteiger partial charge is 0.391 e. The number of pyridine rings is 2. The van der Waals surface area contributed by atoms with Gasteiger partial charge in [-0.2, -0.15) is 0 Å². The number of aryl methyl sites for hydroxylation is 1. The molecule has 4 fully saturated rings. The van der Waals surface area contributed by atoms with Crippen molar-refractivity contribution in [2.45, 2.75) is 116 Å². The molecule has 0 radical (unpaired) electrons. The Balaban J connectivity index is 0.714. The Morgan fingerprint density at radius 1 is 0.842 bits per heavy atom. The molecular formula is C57H75N11O7S. The van der Waals surface area contributed by atoms with Crippen molar-refractivity contribution in [3.8, 4) is 10.4 Å². The average molecular weight is 1060 g/mol. The minimum atomic E-state index is -1.03. The van der Waals surface area contributed by atoms with Gasteiger partial charge < -0.3 is 40.7 Å². The first-order valence-electron chi connectivity index (χ1n) is 27.0. The van der Waals surface area contributed by atoms with Crippen LogP contribution in [-0.4, -0.2) is 165 Å². The second kappa shape index (κ2) is 26.0. The fourth-order valence-corrected chi connectivity index (χ4v) is 11.6. The summed E-state index contributed by atoms with van der Waals surface area (Å²) in [5, 5.41) is 19.4. The number of benzene rings is 1. The monoisotopic (exact) mass is 1060 g/mol. The lowest BCUT2D eigenvalue weighted by Gasteiger charge is -2.43. The van der Waals surface area contributed by atoms with Gasteiger partial charge in [-0.25, -0.2) is 9.97 Å². The van der Waals surface area contributed by atoms with Gasteiger partial charge in [0.05, 0.1) is 27.7 Å². The van der Waals surface area contributed by atoms with Crippen LogP contribution in [0.25, 0.3) is 16.5 Å². The smallest absolute Gasteiger partial charge is 0.255 e. The van der Waals surface area contributed by atoms with Gasteiger partial charge in [-0.3, -0.25) is 38.7 Å². The molecule has 4 N–H and O–H groups in total. The van der Waals surface area contributed by atoms with Crippen LogP contribution in [0.15, 0.2) is 78.7 Å². The van der Waals surface area contributed by atoms with Gasteiger partial charge in [-0.15, -0.1) is 11.3 Å². The molecule has 0 spiro atoms. The molecule has 8 rings (SSSR count). The van der Waals surface area contributed by atoms with Crippen molar-refractivity contribution in [2.24, 2.45) is 11.3 Å². The molecule has 1 aromatic carbocycles. The number of anilines is 1. The van der Waals surface area contributed by atoms with Crippen LogP contribution in [0.4, 0.5) is 5.82 Å². The van der Waals surface area contributed by atoms with E-state index in [-0.39, 0.29) is 43.1 Å². The number of piperidine rings is 2. The molecule has 406 valence electrons. The number of hydrogen-bond acceptors (Lipinski definition) is 13. The normalized spacial score (nSPS) is 19.4. The van der Waals surface area contributed by atoms with Crippen LogP contribution in [0, 0.1) is 18.3 Å². The summed E-state index contributed by atoms with van der Waals surface area (Å²) in [4.78, 5) is 104. The van der Waals surface area contributed by atoms with Crippen LogP contribution in [0.3, 0.4) is 0 Å². The Kier molecular flexibility index (Phi) is 19.0. The van der Waals surface area contributed by atoms with E-state index in [1.807, 2.05) is 86.6 Å². The highest BCUT2D eigenvalue weighted by Crippen LogP contribution is 2.30. The van der Waals surface area contributed by atoms with Crippen molar-refractivity contribution in [1.29, 1.82) is 0 Å². The van der Waals surface area contributed by atoms with E-state index in [4.69, 9.17) is 4.98 Å². The van der Waals surface area contributed by atoms with E-state index in [0.717, 1.165) is 104 Å². The summed E-state index contributed by atoms with van der Waals surface area (Å²) in [7, 11) is 0. The zero-order valence-corrected chi connectivity index (χ0v) is 45.3. The van der Waals surface area contributed by atoms with Crippen LogP contribution >= 0.6 is 11.3 Å². The number of β-amino-alcohol motifs (C(OH)–C–C–N with tert-alkyl or cyclic N) is 1. The minimum Gasteiger partial charge on any atom is -0.391 e. The summed E-state index contributed by atoms with van der Waals surface area (Å²) in [5.74, 6) is -0.376. The number of rotatable bonds is 18. The SMILES string of the molecule is Cc1ncsc1-c1ccc(CNC(=O)[C@@H]2C[C@@H](O)CN2C(=O)[C@@H](NC(=O)CC(=O)N2CCN(C3CCN(c4ccc(C(=O)N5CCC(CCCCNC(=O)/C=C/c6cccnc6)CC5)cn4)CC3)CC2)C(C)(C)C)cc1. The highest BCUT2D eigenvalue weighted by molar-refractivity contribution is 7.13. The molecule has 3 aromatic heterocycles. The molecule has 4 aromatic rings. The van der Waals surface area contributed by atoms with Gasteiger partial charge in [0.15, 0.2) is 0 Å². The van der Waals surface area contributed by atoms with Crippen LogP contribution in [0.2, 0.25) is 0 Å². The average Bonchev–Trinajstić information content (AvgIpc) is 4.06. The van der Waals surface area contributed by atoms with Gasteiger partial charge in [-0.05, 0) is 91.3 Å². The van der Waals surface area contributed by atoms with Crippen molar-refractivity contribution in [3.63, 3.8) is 0 Å². The summed E-state index contributed by atoms with van der Waals surface area (Å²) in [5.41, 5.74) is 5.43. The summed E-state index contributed by atoms with van der Waals surface area (Å²) in [6.45, 7) is 13.8. The third-order valence-electron chi connectivity index (χ3n) is 15.3. The molecule has 6 amide bonds. The van der Waals surface area contributed by atoms with Crippen molar-refractivity contribution in [3.05, 3.63) is 101 Å². The summed E-state index contributed by atoms with van der Waals surface area (Å²) >= 11 is 1.57. The molecule has 0 bridgehead atoms. The van der Waals surface area contributed by atoms with Gasteiger partial charge >= 0.3 is 0 Å². The minimum absolute atomic E-state index is 0.0217. The maximum absolute atomic E-state index is 14.2. The van der Waals surface area contributed by atoms with Crippen molar-refractivity contribution >= 4 is 58.7 Å². The first kappa shape index (κ1) is 55.7. The number of aliphatic hydroxyl groups excluding tert-OH is 1. The fraction of sp³-hybridized carbons (Fsp3) is 0.526. The molecule has 0 saturated carbocycles. The molecule has 0 aliphatic carbocycles. The number of thiazole rings is 1. The summed E-state index contributed by atoms with van der Waals surface area (Å²) in [6, 6.07) is 13.8. The van der Waals surface area contributed by atoms with Gasteiger partial charge in [0.2, 0.25) is 29.5 Å². The number of aliphatic hydroxyl groups is 1. The van der Waals surface area contributed by atoms with E-state index in [2.05, 4.69) is 35.7 Å².